The van der Waals surface area contributed by atoms with Gasteiger partial charge in [-0.3, -0.25) is 0 Å². The molecule has 1 aliphatic rings. The third-order valence-corrected chi connectivity index (χ3v) is 4.54. The molecule has 2 nitrogen and oxygen atoms in total. The van der Waals surface area contributed by atoms with Crippen molar-refractivity contribution in [2.45, 2.75) is 27.2 Å². The summed E-state index contributed by atoms with van der Waals surface area (Å²) in [4.78, 5) is 5.19. The van der Waals surface area contributed by atoms with Crippen LogP contribution in [0.1, 0.15) is 27.2 Å². The Bertz CT molecular complexity index is 174. The fourth-order valence-electron chi connectivity index (χ4n) is 2.13. The minimum absolute atomic E-state index is 0.410. The van der Waals surface area contributed by atoms with Gasteiger partial charge < -0.3 is 9.80 Å². The maximum Gasteiger partial charge on any atom is 0.0110 e. The molecule has 0 spiro atoms. The van der Waals surface area contributed by atoms with Gasteiger partial charge in [-0.15, -0.1) is 0 Å². The zero-order chi connectivity index (χ0) is 11.3. The van der Waals surface area contributed by atoms with Crippen molar-refractivity contribution in [2.75, 3.05) is 44.6 Å². The molecular weight excluding hydrogens is 252 g/mol. The molecule has 0 amide bonds. The number of halogens is 1. The Labute approximate surface area is 103 Å². The average Bonchev–Trinajstić information content (AvgIpc) is 2.21. The van der Waals surface area contributed by atoms with Crippen molar-refractivity contribution in [3.63, 3.8) is 0 Å². The zero-order valence-corrected chi connectivity index (χ0v) is 12.0. The van der Waals surface area contributed by atoms with Gasteiger partial charge in [0.1, 0.15) is 0 Å². The summed E-state index contributed by atoms with van der Waals surface area (Å²) < 4.78 is 0. The van der Waals surface area contributed by atoms with Crippen LogP contribution in [0.25, 0.3) is 0 Å². The standard InChI is InChI=1S/C12H25BrN2/c1-4-5-14-6-8-15(9-7-14)11-12(2,3)10-13/h4-11H2,1-3H3. The first-order chi connectivity index (χ1) is 7.07. The molecule has 0 atom stereocenters. The van der Waals surface area contributed by atoms with Crippen LogP contribution < -0.4 is 0 Å². The first-order valence-corrected chi connectivity index (χ1v) is 7.20. The number of hydrogen-bond acceptors (Lipinski definition) is 2. The molecule has 0 N–H and O–H groups in total. The quantitative estimate of drug-likeness (QED) is 0.712. The van der Waals surface area contributed by atoms with E-state index in [0.717, 1.165) is 5.33 Å². The maximum absolute atomic E-state index is 3.60. The normalized spacial score (nSPS) is 20.8. The molecule has 90 valence electrons. The highest BCUT2D eigenvalue weighted by Gasteiger charge is 2.23. The molecule has 0 aromatic heterocycles. The number of hydrogen-bond donors (Lipinski definition) is 0. The summed E-state index contributed by atoms with van der Waals surface area (Å²) in [5.74, 6) is 0. The van der Waals surface area contributed by atoms with Gasteiger partial charge in [0.15, 0.2) is 0 Å². The second-order valence-corrected chi connectivity index (χ2v) is 5.98. The van der Waals surface area contributed by atoms with Crippen LogP contribution in [0.4, 0.5) is 0 Å². The van der Waals surface area contributed by atoms with Gasteiger partial charge in [-0.25, -0.2) is 0 Å². The molecule has 1 saturated heterocycles. The van der Waals surface area contributed by atoms with Gasteiger partial charge in [-0.2, -0.15) is 0 Å². The largest absolute Gasteiger partial charge is 0.301 e. The number of piperazine rings is 1. The maximum atomic E-state index is 3.60. The van der Waals surface area contributed by atoms with Crippen molar-refractivity contribution in [1.29, 1.82) is 0 Å². The van der Waals surface area contributed by atoms with Gasteiger partial charge in [0.25, 0.3) is 0 Å². The lowest BCUT2D eigenvalue weighted by molar-refractivity contribution is 0.104. The van der Waals surface area contributed by atoms with Crippen LogP contribution in [0.3, 0.4) is 0 Å². The summed E-state index contributed by atoms with van der Waals surface area (Å²) in [6.07, 6.45) is 1.28. The molecule has 1 rings (SSSR count). The van der Waals surface area contributed by atoms with E-state index in [0.29, 0.717) is 5.41 Å². The van der Waals surface area contributed by atoms with Gasteiger partial charge >= 0.3 is 0 Å². The summed E-state index contributed by atoms with van der Waals surface area (Å²) in [5, 5.41) is 1.09. The van der Waals surface area contributed by atoms with E-state index in [4.69, 9.17) is 0 Å². The molecule has 0 radical (unpaired) electrons. The van der Waals surface area contributed by atoms with Crippen LogP contribution in [0.15, 0.2) is 0 Å². The van der Waals surface area contributed by atoms with Gasteiger partial charge in [0.05, 0.1) is 0 Å². The third kappa shape index (κ3) is 4.83. The van der Waals surface area contributed by atoms with Gasteiger partial charge in [0.2, 0.25) is 0 Å². The van der Waals surface area contributed by atoms with Crippen LogP contribution in [0, 0.1) is 5.41 Å². The molecule has 0 aromatic carbocycles. The molecule has 0 unspecified atom stereocenters. The summed E-state index contributed by atoms with van der Waals surface area (Å²) in [6.45, 7) is 14.4. The fourth-order valence-corrected chi connectivity index (χ4v) is 2.31. The first kappa shape index (κ1) is 13.5. The summed E-state index contributed by atoms with van der Waals surface area (Å²) in [6, 6.07) is 0. The monoisotopic (exact) mass is 276 g/mol. The highest BCUT2D eigenvalue weighted by Crippen LogP contribution is 2.20. The van der Waals surface area contributed by atoms with Crippen molar-refractivity contribution in [3.8, 4) is 0 Å². The Balaban J connectivity index is 2.25. The van der Waals surface area contributed by atoms with Crippen molar-refractivity contribution in [3.05, 3.63) is 0 Å². The van der Waals surface area contributed by atoms with E-state index in [-0.39, 0.29) is 0 Å². The highest BCUT2D eigenvalue weighted by atomic mass is 79.9. The van der Waals surface area contributed by atoms with Crippen LogP contribution in [-0.4, -0.2) is 54.4 Å². The van der Waals surface area contributed by atoms with E-state index in [9.17, 15) is 0 Å². The van der Waals surface area contributed by atoms with Crippen LogP contribution in [0.5, 0.6) is 0 Å². The minimum atomic E-state index is 0.410. The fraction of sp³-hybridized carbons (Fsp3) is 1.00. The molecule has 1 heterocycles. The van der Waals surface area contributed by atoms with Crippen LogP contribution in [-0.2, 0) is 0 Å². The summed E-state index contributed by atoms with van der Waals surface area (Å²) in [7, 11) is 0. The molecule has 0 saturated carbocycles. The smallest absolute Gasteiger partial charge is 0.0110 e. The molecule has 3 heteroatoms. The van der Waals surface area contributed by atoms with E-state index in [1.807, 2.05) is 0 Å². The predicted molar refractivity (Wildman–Crippen MR) is 70.7 cm³/mol. The second-order valence-electron chi connectivity index (χ2n) is 5.42. The molecular formula is C12H25BrN2. The van der Waals surface area contributed by atoms with Crippen LogP contribution in [0.2, 0.25) is 0 Å². The van der Waals surface area contributed by atoms with Gasteiger partial charge in [0, 0.05) is 38.1 Å². The molecule has 0 aliphatic carbocycles. The lowest BCUT2D eigenvalue weighted by atomic mass is 9.95. The SMILES string of the molecule is CCCN1CCN(CC(C)(C)CBr)CC1. The Hall–Kier alpha value is 0.400. The van der Waals surface area contributed by atoms with E-state index in [1.54, 1.807) is 0 Å². The van der Waals surface area contributed by atoms with E-state index < -0.39 is 0 Å². The van der Waals surface area contributed by atoms with Gasteiger partial charge in [-0.1, -0.05) is 36.7 Å². The van der Waals surface area contributed by atoms with E-state index in [2.05, 4.69) is 46.5 Å². The first-order valence-electron chi connectivity index (χ1n) is 6.08. The molecule has 1 aliphatic heterocycles. The Morgan fingerprint density at radius 1 is 1.07 bits per heavy atom. The van der Waals surface area contributed by atoms with Crippen molar-refractivity contribution in [2.24, 2.45) is 5.41 Å². The second kappa shape index (κ2) is 6.21. The topological polar surface area (TPSA) is 6.48 Å². The predicted octanol–water partition coefficient (Wildman–Crippen LogP) is 2.44. The average molecular weight is 277 g/mol. The van der Waals surface area contributed by atoms with E-state index in [1.165, 1.54) is 45.7 Å². The van der Waals surface area contributed by atoms with Crippen molar-refractivity contribution in [1.82, 2.24) is 9.80 Å². The lowest BCUT2D eigenvalue weighted by Gasteiger charge is -2.38. The Kier molecular flexibility index (Phi) is 5.58. The number of nitrogens with zero attached hydrogens (tertiary/aromatic N) is 2. The number of rotatable bonds is 5. The number of alkyl halides is 1. The van der Waals surface area contributed by atoms with Crippen molar-refractivity contribution >= 4 is 15.9 Å². The third-order valence-electron chi connectivity index (χ3n) is 3.02. The zero-order valence-electron chi connectivity index (χ0n) is 10.4. The Morgan fingerprint density at radius 3 is 2.07 bits per heavy atom. The van der Waals surface area contributed by atoms with E-state index >= 15 is 0 Å². The summed E-state index contributed by atoms with van der Waals surface area (Å²) >= 11 is 3.60. The Morgan fingerprint density at radius 2 is 1.60 bits per heavy atom. The molecule has 0 aromatic rings. The lowest BCUT2D eigenvalue weighted by Crippen LogP contribution is -2.49. The molecule has 1 fully saturated rings. The summed E-state index contributed by atoms with van der Waals surface area (Å²) in [5.41, 5.74) is 0.410. The molecule has 15 heavy (non-hydrogen) atoms. The van der Waals surface area contributed by atoms with Crippen molar-refractivity contribution < 1.29 is 0 Å². The van der Waals surface area contributed by atoms with Gasteiger partial charge in [-0.05, 0) is 18.4 Å². The van der Waals surface area contributed by atoms with Crippen LogP contribution >= 0.6 is 15.9 Å². The minimum Gasteiger partial charge on any atom is -0.301 e. The molecule has 0 bridgehead atoms. The highest BCUT2D eigenvalue weighted by molar-refractivity contribution is 9.09.